The molecule has 8 nitrogen and oxygen atoms in total. The Labute approximate surface area is 197 Å². The van der Waals surface area contributed by atoms with Crippen LogP contribution in [0.2, 0.25) is 0 Å². The molecule has 176 valence electrons. The van der Waals surface area contributed by atoms with E-state index in [1.54, 1.807) is 41.4 Å². The topological polar surface area (TPSA) is 123 Å². The number of amides is 2. The van der Waals surface area contributed by atoms with E-state index in [1.807, 2.05) is 19.1 Å². The molecule has 0 unspecified atom stereocenters. The van der Waals surface area contributed by atoms with Crippen LogP contribution in [-0.2, 0) is 12.5 Å². The van der Waals surface area contributed by atoms with Crippen LogP contribution < -0.4 is 5.32 Å². The SMILES string of the molecule is Cc1ccc(CNC(=O)c2cc(C(=O)N3CCCC3)cc(-c3ccc(C(O)(O)O)cc3)c2)cn1. The number of carbonyl (C=O) groups excluding carboxylic acids is 2. The molecular formula is C26H27N3O5. The number of carbonyl (C=O) groups is 2. The lowest BCUT2D eigenvalue weighted by Crippen LogP contribution is -2.28. The van der Waals surface area contributed by atoms with E-state index < -0.39 is 5.97 Å². The molecule has 0 bridgehead atoms. The molecule has 0 saturated carbocycles. The van der Waals surface area contributed by atoms with Gasteiger partial charge in [0.25, 0.3) is 11.8 Å². The number of likely N-dealkylation sites (tertiary alicyclic amines) is 1. The fourth-order valence-electron chi connectivity index (χ4n) is 3.93. The number of aromatic nitrogens is 1. The summed E-state index contributed by atoms with van der Waals surface area (Å²) in [5.74, 6) is -3.40. The number of aliphatic hydroxyl groups is 3. The number of nitrogens with one attached hydrogen (secondary N) is 1. The molecule has 0 spiro atoms. The highest BCUT2D eigenvalue weighted by Gasteiger charge is 2.23. The molecule has 2 heterocycles. The van der Waals surface area contributed by atoms with Gasteiger partial charge in [-0.25, -0.2) is 0 Å². The van der Waals surface area contributed by atoms with Gasteiger partial charge in [0.05, 0.1) is 0 Å². The molecule has 4 N–H and O–H groups in total. The average molecular weight is 462 g/mol. The number of aryl methyl sites for hydroxylation is 1. The Balaban J connectivity index is 1.64. The Kier molecular flexibility index (Phi) is 6.74. The molecule has 34 heavy (non-hydrogen) atoms. The third-order valence-electron chi connectivity index (χ3n) is 5.87. The Morgan fingerprint density at radius 3 is 2.24 bits per heavy atom. The van der Waals surface area contributed by atoms with Crippen LogP contribution >= 0.6 is 0 Å². The largest absolute Gasteiger partial charge is 0.348 e. The summed E-state index contributed by atoms with van der Waals surface area (Å²) in [5, 5.41) is 31.0. The smallest absolute Gasteiger partial charge is 0.304 e. The van der Waals surface area contributed by atoms with Crippen LogP contribution in [0.3, 0.4) is 0 Å². The number of benzene rings is 2. The average Bonchev–Trinajstić information content (AvgIpc) is 3.37. The molecule has 0 atom stereocenters. The van der Waals surface area contributed by atoms with Crippen LogP contribution in [-0.4, -0.2) is 50.1 Å². The van der Waals surface area contributed by atoms with E-state index >= 15 is 0 Å². The third-order valence-corrected chi connectivity index (χ3v) is 5.87. The fourth-order valence-corrected chi connectivity index (χ4v) is 3.93. The predicted molar refractivity (Wildman–Crippen MR) is 125 cm³/mol. The van der Waals surface area contributed by atoms with E-state index in [2.05, 4.69) is 10.3 Å². The standard InChI is InChI=1S/C26H27N3O5/c1-17-4-5-18(15-27-17)16-28-24(30)21-12-20(19-6-8-23(9-7-19)26(32,33)34)13-22(14-21)25(31)29-10-2-3-11-29/h4-9,12-15,32-34H,2-3,10-11,16H2,1H3,(H,28,30). The molecule has 1 fully saturated rings. The lowest BCUT2D eigenvalue weighted by atomic mass is 9.97. The molecule has 1 aliphatic rings. The summed E-state index contributed by atoms with van der Waals surface area (Å²) in [6.45, 7) is 3.56. The maximum absolute atomic E-state index is 13.1. The van der Waals surface area contributed by atoms with E-state index in [0.29, 0.717) is 41.9 Å². The van der Waals surface area contributed by atoms with Crippen molar-refractivity contribution < 1.29 is 24.9 Å². The predicted octanol–water partition coefficient (Wildman–Crippen LogP) is 2.31. The van der Waals surface area contributed by atoms with Crippen molar-refractivity contribution >= 4 is 11.8 Å². The van der Waals surface area contributed by atoms with Gasteiger partial charge in [0.2, 0.25) is 0 Å². The van der Waals surface area contributed by atoms with Gasteiger partial charge in [-0.15, -0.1) is 0 Å². The molecule has 4 rings (SSSR count). The number of hydrogen-bond donors (Lipinski definition) is 4. The molecular weight excluding hydrogens is 434 g/mol. The minimum atomic E-state index is -2.94. The second-order valence-corrected chi connectivity index (χ2v) is 8.50. The second kappa shape index (κ2) is 9.72. The van der Waals surface area contributed by atoms with E-state index in [-0.39, 0.29) is 17.4 Å². The first-order chi connectivity index (χ1) is 16.2. The van der Waals surface area contributed by atoms with Crippen LogP contribution in [0, 0.1) is 6.92 Å². The van der Waals surface area contributed by atoms with Gasteiger partial charge in [0.15, 0.2) is 0 Å². The Hall–Kier alpha value is -3.59. The van der Waals surface area contributed by atoms with E-state index in [0.717, 1.165) is 24.1 Å². The minimum absolute atomic E-state index is 0.0924. The highest BCUT2D eigenvalue weighted by Crippen LogP contribution is 2.26. The molecule has 1 aliphatic heterocycles. The normalized spacial score (nSPS) is 13.7. The summed E-state index contributed by atoms with van der Waals surface area (Å²) in [5.41, 5.74) is 3.68. The van der Waals surface area contributed by atoms with Crippen molar-refractivity contribution in [3.05, 3.63) is 88.7 Å². The minimum Gasteiger partial charge on any atom is -0.348 e. The molecule has 0 radical (unpaired) electrons. The summed E-state index contributed by atoms with van der Waals surface area (Å²) in [6, 6.07) is 14.7. The van der Waals surface area contributed by atoms with Crippen LogP contribution in [0.25, 0.3) is 11.1 Å². The first-order valence-electron chi connectivity index (χ1n) is 11.1. The summed E-state index contributed by atoms with van der Waals surface area (Å²) in [6.07, 6.45) is 3.62. The van der Waals surface area contributed by atoms with Crippen LogP contribution in [0.1, 0.15) is 50.4 Å². The van der Waals surface area contributed by atoms with E-state index in [1.165, 1.54) is 12.1 Å². The molecule has 0 aliphatic carbocycles. The number of hydrogen-bond acceptors (Lipinski definition) is 6. The van der Waals surface area contributed by atoms with Gasteiger partial charge in [0, 0.05) is 48.2 Å². The van der Waals surface area contributed by atoms with Gasteiger partial charge >= 0.3 is 5.97 Å². The van der Waals surface area contributed by atoms with Crippen molar-refractivity contribution in [1.82, 2.24) is 15.2 Å². The number of nitrogens with zero attached hydrogens (tertiary/aromatic N) is 2. The molecule has 3 aromatic rings. The highest BCUT2D eigenvalue weighted by atomic mass is 16.7. The summed E-state index contributed by atoms with van der Waals surface area (Å²) >= 11 is 0. The summed E-state index contributed by atoms with van der Waals surface area (Å²) in [4.78, 5) is 32.1. The van der Waals surface area contributed by atoms with Crippen molar-refractivity contribution in [3.63, 3.8) is 0 Å². The fraction of sp³-hybridized carbons (Fsp3) is 0.269. The Morgan fingerprint density at radius 1 is 0.941 bits per heavy atom. The van der Waals surface area contributed by atoms with E-state index in [9.17, 15) is 24.9 Å². The molecule has 1 aromatic heterocycles. The van der Waals surface area contributed by atoms with Crippen molar-refractivity contribution in [2.24, 2.45) is 0 Å². The van der Waals surface area contributed by atoms with Crippen molar-refractivity contribution in [3.8, 4) is 11.1 Å². The molecule has 8 heteroatoms. The number of pyridine rings is 1. The van der Waals surface area contributed by atoms with Crippen LogP contribution in [0.5, 0.6) is 0 Å². The van der Waals surface area contributed by atoms with Gasteiger partial charge in [0.1, 0.15) is 0 Å². The highest BCUT2D eigenvalue weighted by molar-refractivity contribution is 6.01. The quantitative estimate of drug-likeness (QED) is 0.418. The zero-order chi connectivity index (χ0) is 24.3. The first-order valence-corrected chi connectivity index (χ1v) is 11.1. The van der Waals surface area contributed by atoms with Crippen molar-refractivity contribution in [2.75, 3.05) is 13.1 Å². The number of rotatable bonds is 6. The summed E-state index contributed by atoms with van der Waals surface area (Å²) < 4.78 is 0. The lowest BCUT2D eigenvalue weighted by molar-refractivity contribution is -0.323. The zero-order valence-electron chi connectivity index (χ0n) is 18.9. The second-order valence-electron chi connectivity index (χ2n) is 8.50. The maximum Gasteiger partial charge on any atom is 0.304 e. The van der Waals surface area contributed by atoms with Crippen LogP contribution in [0.4, 0.5) is 0 Å². The lowest BCUT2D eigenvalue weighted by Gasteiger charge is -2.18. The van der Waals surface area contributed by atoms with E-state index in [4.69, 9.17) is 0 Å². The van der Waals surface area contributed by atoms with Crippen molar-refractivity contribution in [2.45, 2.75) is 32.3 Å². The first kappa shape index (κ1) is 23.6. The Morgan fingerprint density at radius 2 is 1.62 bits per heavy atom. The third kappa shape index (κ3) is 5.48. The van der Waals surface area contributed by atoms with Gasteiger partial charge < -0.3 is 25.5 Å². The molecule has 1 saturated heterocycles. The van der Waals surface area contributed by atoms with Crippen molar-refractivity contribution in [1.29, 1.82) is 0 Å². The maximum atomic E-state index is 13.1. The van der Waals surface area contributed by atoms with Gasteiger partial charge in [-0.2, -0.15) is 0 Å². The molecule has 2 amide bonds. The van der Waals surface area contributed by atoms with Crippen LogP contribution in [0.15, 0.2) is 60.8 Å². The van der Waals surface area contributed by atoms with Gasteiger partial charge in [-0.05, 0) is 60.7 Å². The van der Waals surface area contributed by atoms with Gasteiger partial charge in [-0.3, -0.25) is 14.6 Å². The zero-order valence-corrected chi connectivity index (χ0v) is 18.9. The Bertz CT molecular complexity index is 1180. The molecule has 2 aromatic carbocycles. The summed E-state index contributed by atoms with van der Waals surface area (Å²) in [7, 11) is 0. The van der Waals surface area contributed by atoms with Gasteiger partial charge in [-0.1, -0.05) is 30.3 Å². The monoisotopic (exact) mass is 461 g/mol.